The van der Waals surface area contributed by atoms with Gasteiger partial charge in [-0.3, -0.25) is 0 Å². The summed E-state index contributed by atoms with van der Waals surface area (Å²) in [5.74, 6) is 0. The molecule has 1 heterocycles. The quantitative estimate of drug-likeness (QED) is 0.882. The third-order valence-electron chi connectivity index (χ3n) is 2.75. The zero-order valence-electron chi connectivity index (χ0n) is 9.26. The van der Waals surface area contributed by atoms with E-state index >= 15 is 0 Å². The summed E-state index contributed by atoms with van der Waals surface area (Å²) in [5.41, 5.74) is -0.148. The number of hydrogen-bond acceptors (Lipinski definition) is 2. The van der Waals surface area contributed by atoms with Crippen LogP contribution in [0.5, 0.6) is 0 Å². The van der Waals surface area contributed by atoms with Crippen molar-refractivity contribution in [2.45, 2.75) is 25.1 Å². The van der Waals surface area contributed by atoms with Crippen molar-refractivity contribution in [2.24, 2.45) is 0 Å². The molecule has 1 atom stereocenters. The summed E-state index contributed by atoms with van der Waals surface area (Å²) < 4.78 is 42.8. The number of halogens is 3. The Labute approximate surface area is 97.8 Å². The van der Waals surface area contributed by atoms with Crippen molar-refractivity contribution in [1.82, 2.24) is 0 Å². The van der Waals surface area contributed by atoms with Crippen LogP contribution >= 0.6 is 0 Å². The van der Waals surface area contributed by atoms with Crippen molar-refractivity contribution in [3.05, 3.63) is 29.8 Å². The second-order valence-corrected chi connectivity index (χ2v) is 4.09. The molecule has 94 valence electrons. The maximum Gasteiger partial charge on any atom is 0.416 e. The molecule has 0 aliphatic carbocycles. The van der Waals surface area contributed by atoms with E-state index in [1.165, 1.54) is 6.07 Å². The highest BCUT2D eigenvalue weighted by Gasteiger charge is 2.30. The van der Waals surface area contributed by atoms with E-state index < -0.39 is 11.7 Å². The van der Waals surface area contributed by atoms with Crippen molar-refractivity contribution in [1.29, 1.82) is 0 Å². The van der Waals surface area contributed by atoms with Crippen LogP contribution in [0.1, 0.15) is 18.4 Å². The third-order valence-corrected chi connectivity index (χ3v) is 2.75. The van der Waals surface area contributed by atoms with Gasteiger partial charge >= 0.3 is 6.18 Å². The average Bonchev–Trinajstić information content (AvgIpc) is 2.78. The summed E-state index contributed by atoms with van der Waals surface area (Å²) >= 11 is 0. The Morgan fingerprint density at radius 3 is 2.82 bits per heavy atom. The van der Waals surface area contributed by atoms with Crippen LogP contribution in [0.3, 0.4) is 0 Å². The molecule has 0 bridgehead atoms. The Balaban J connectivity index is 1.96. The smallest absolute Gasteiger partial charge is 0.382 e. The van der Waals surface area contributed by atoms with E-state index in [1.807, 2.05) is 0 Å². The molecule has 0 radical (unpaired) electrons. The highest BCUT2D eigenvalue weighted by Crippen LogP contribution is 2.30. The predicted octanol–water partition coefficient (Wildman–Crippen LogP) is 3.30. The van der Waals surface area contributed by atoms with Crippen molar-refractivity contribution in [3.63, 3.8) is 0 Å². The number of nitrogens with one attached hydrogen (secondary N) is 1. The number of alkyl halides is 3. The van der Waals surface area contributed by atoms with Crippen LogP contribution in [0.25, 0.3) is 0 Å². The molecule has 1 fully saturated rings. The van der Waals surface area contributed by atoms with Gasteiger partial charge < -0.3 is 10.1 Å². The Bertz CT molecular complexity index is 372. The zero-order valence-corrected chi connectivity index (χ0v) is 9.26. The van der Waals surface area contributed by atoms with Crippen LogP contribution in [-0.4, -0.2) is 19.3 Å². The van der Waals surface area contributed by atoms with E-state index in [1.54, 1.807) is 6.07 Å². The number of ether oxygens (including phenoxy) is 1. The molecule has 5 heteroatoms. The number of rotatable bonds is 3. The average molecular weight is 245 g/mol. The van der Waals surface area contributed by atoms with Gasteiger partial charge in [0.1, 0.15) is 0 Å². The second-order valence-electron chi connectivity index (χ2n) is 4.09. The van der Waals surface area contributed by atoms with E-state index in [0.29, 0.717) is 12.2 Å². The van der Waals surface area contributed by atoms with E-state index in [2.05, 4.69) is 5.32 Å². The summed E-state index contributed by atoms with van der Waals surface area (Å²) in [6.07, 6.45) is -2.19. The second kappa shape index (κ2) is 4.96. The van der Waals surface area contributed by atoms with Crippen molar-refractivity contribution in [2.75, 3.05) is 18.5 Å². The highest BCUT2D eigenvalue weighted by molar-refractivity contribution is 5.46. The van der Waals surface area contributed by atoms with Gasteiger partial charge in [0.25, 0.3) is 0 Å². The first-order valence-electron chi connectivity index (χ1n) is 5.58. The molecule has 17 heavy (non-hydrogen) atoms. The van der Waals surface area contributed by atoms with Gasteiger partial charge in [0.2, 0.25) is 0 Å². The minimum Gasteiger partial charge on any atom is -0.382 e. The van der Waals surface area contributed by atoms with Crippen molar-refractivity contribution < 1.29 is 17.9 Å². The Morgan fingerprint density at radius 1 is 1.35 bits per heavy atom. The maximum atomic E-state index is 12.5. The molecule has 0 saturated carbocycles. The molecule has 0 amide bonds. The Morgan fingerprint density at radius 2 is 2.18 bits per heavy atom. The molecule has 0 spiro atoms. The van der Waals surface area contributed by atoms with Gasteiger partial charge in [0, 0.05) is 18.8 Å². The molecule has 1 aliphatic rings. The molecule has 1 aromatic rings. The zero-order chi connectivity index (χ0) is 12.3. The lowest BCUT2D eigenvalue weighted by atomic mass is 10.2. The fourth-order valence-corrected chi connectivity index (χ4v) is 1.84. The molecule has 1 N–H and O–H groups in total. The van der Waals surface area contributed by atoms with Gasteiger partial charge in [-0.25, -0.2) is 0 Å². The monoisotopic (exact) mass is 245 g/mol. The third kappa shape index (κ3) is 3.36. The summed E-state index contributed by atoms with van der Waals surface area (Å²) in [6.45, 7) is 1.30. The Kier molecular flexibility index (Phi) is 3.57. The molecule has 2 nitrogen and oxygen atoms in total. The SMILES string of the molecule is FC(F)(F)c1cccc(NCC2CCCO2)c1. The summed E-state index contributed by atoms with van der Waals surface area (Å²) in [4.78, 5) is 0. The van der Waals surface area contributed by atoms with E-state index in [-0.39, 0.29) is 6.10 Å². The standard InChI is InChI=1S/C12H14F3NO/c13-12(14,15)9-3-1-4-10(7-9)16-8-11-5-2-6-17-11/h1,3-4,7,11,16H,2,5-6,8H2. The lowest BCUT2D eigenvalue weighted by Gasteiger charge is -2.13. The predicted molar refractivity (Wildman–Crippen MR) is 58.9 cm³/mol. The Hall–Kier alpha value is -1.23. The van der Waals surface area contributed by atoms with Crippen LogP contribution in [-0.2, 0) is 10.9 Å². The van der Waals surface area contributed by atoms with Crippen LogP contribution in [0.15, 0.2) is 24.3 Å². The largest absolute Gasteiger partial charge is 0.416 e. The molecular weight excluding hydrogens is 231 g/mol. The minimum atomic E-state index is -4.29. The van der Waals surface area contributed by atoms with Gasteiger partial charge in [-0.2, -0.15) is 13.2 Å². The fraction of sp³-hybridized carbons (Fsp3) is 0.500. The first kappa shape index (κ1) is 12.2. The van der Waals surface area contributed by atoms with Gasteiger partial charge in [0.05, 0.1) is 11.7 Å². The molecular formula is C12H14F3NO. The fourth-order valence-electron chi connectivity index (χ4n) is 1.84. The van der Waals surface area contributed by atoms with Crippen LogP contribution in [0.2, 0.25) is 0 Å². The summed E-state index contributed by atoms with van der Waals surface area (Å²) in [7, 11) is 0. The number of anilines is 1. The first-order valence-corrected chi connectivity index (χ1v) is 5.58. The van der Waals surface area contributed by atoms with Gasteiger partial charge in [-0.15, -0.1) is 0 Å². The highest BCUT2D eigenvalue weighted by atomic mass is 19.4. The molecule has 1 saturated heterocycles. The normalized spacial score (nSPS) is 20.5. The van der Waals surface area contributed by atoms with E-state index in [0.717, 1.165) is 31.6 Å². The topological polar surface area (TPSA) is 21.3 Å². The number of benzene rings is 1. The lowest BCUT2D eigenvalue weighted by molar-refractivity contribution is -0.137. The van der Waals surface area contributed by atoms with E-state index in [4.69, 9.17) is 4.74 Å². The van der Waals surface area contributed by atoms with Crippen LogP contribution in [0, 0.1) is 0 Å². The van der Waals surface area contributed by atoms with Gasteiger partial charge in [-0.1, -0.05) is 6.07 Å². The summed E-state index contributed by atoms with van der Waals surface area (Å²) in [6, 6.07) is 5.22. The van der Waals surface area contributed by atoms with Gasteiger partial charge in [-0.05, 0) is 31.0 Å². The maximum absolute atomic E-state index is 12.5. The molecule has 1 aromatic carbocycles. The van der Waals surface area contributed by atoms with Crippen LogP contribution in [0.4, 0.5) is 18.9 Å². The van der Waals surface area contributed by atoms with Crippen molar-refractivity contribution >= 4 is 5.69 Å². The summed E-state index contributed by atoms with van der Waals surface area (Å²) in [5, 5.41) is 2.97. The van der Waals surface area contributed by atoms with E-state index in [9.17, 15) is 13.2 Å². The van der Waals surface area contributed by atoms with Crippen LogP contribution < -0.4 is 5.32 Å². The van der Waals surface area contributed by atoms with Crippen molar-refractivity contribution in [3.8, 4) is 0 Å². The molecule has 1 aliphatic heterocycles. The molecule has 1 unspecified atom stereocenters. The minimum absolute atomic E-state index is 0.115. The van der Waals surface area contributed by atoms with Gasteiger partial charge in [0.15, 0.2) is 0 Å². The lowest BCUT2D eigenvalue weighted by Crippen LogP contribution is -2.18. The molecule has 2 rings (SSSR count). The molecule has 0 aromatic heterocycles. The first-order chi connectivity index (χ1) is 8.05. The number of hydrogen-bond donors (Lipinski definition) is 1.